The van der Waals surface area contributed by atoms with Gasteiger partial charge in [0.15, 0.2) is 5.96 Å². The van der Waals surface area contributed by atoms with Crippen molar-refractivity contribution in [1.82, 2.24) is 20.1 Å². The molecule has 142 valence electrons. The number of aryl methyl sites for hydroxylation is 1. The van der Waals surface area contributed by atoms with Crippen LogP contribution >= 0.6 is 35.3 Å². The molecule has 0 amide bonds. The quantitative estimate of drug-likeness (QED) is 0.402. The molecule has 1 N–H and O–H groups in total. The highest BCUT2D eigenvalue weighted by atomic mass is 127. The summed E-state index contributed by atoms with van der Waals surface area (Å²) in [6.07, 6.45) is 0.942. The number of aromatic nitrogens is 1. The first kappa shape index (κ1) is 21.1. The second kappa shape index (κ2) is 10.8. The van der Waals surface area contributed by atoms with Gasteiger partial charge in [-0.05, 0) is 12.5 Å². The van der Waals surface area contributed by atoms with Crippen molar-refractivity contribution in [1.29, 1.82) is 0 Å². The van der Waals surface area contributed by atoms with Crippen LogP contribution in [0.4, 0.5) is 0 Å². The summed E-state index contributed by atoms with van der Waals surface area (Å²) < 4.78 is 0. The van der Waals surface area contributed by atoms with E-state index < -0.39 is 0 Å². The first-order chi connectivity index (χ1) is 12.2. The topological polar surface area (TPSA) is 43.8 Å². The van der Waals surface area contributed by atoms with Gasteiger partial charge in [-0.3, -0.25) is 9.89 Å². The van der Waals surface area contributed by atoms with Gasteiger partial charge >= 0.3 is 0 Å². The highest BCUT2D eigenvalue weighted by Crippen LogP contribution is 2.09. The summed E-state index contributed by atoms with van der Waals surface area (Å²) in [6.45, 7) is 8.13. The first-order valence-electron chi connectivity index (χ1n) is 8.87. The van der Waals surface area contributed by atoms with Crippen LogP contribution in [-0.2, 0) is 13.0 Å². The number of rotatable bonds is 5. The Morgan fingerprint density at radius 1 is 1.19 bits per heavy atom. The van der Waals surface area contributed by atoms with Crippen LogP contribution in [0.3, 0.4) is 0 Å². The molecule has 5 nitrogen and oxygen atoms in total. The first-order valence-corrected chi connectivity index (χ1v) is 9.75. The highest BCUT2D eigenvalue weighted by molar-refractivity contribution is 14.0. The molecule has 0 bridgehead atoms. The molecule has 0 radical (unpaired) electrons. The molecule has 0 aliphatic carbocycles. The van der Waals surface area contributed by atoms with Gasteiger partial charge in [0.2, 0.25) is 0 Å². The van der Waals surface area contributed by atoms with E-state index in [4.69, 9.17) is 0 Å². The molecular weight excluding hydrogens is 457 g/mol. The molecule has 1 fully saturated rings. The van der Waals surface area contributed by atoms with Gasteiger partial charge in [-0.1, -0.05) is 30.3 Å². The number of nitrogens with one attached hydrogen (secondary N) is 1. The third-order valence-corrected chi connectivity index (χ3v) is 5.29. The lowest BCUT2D eigenvalue weighted by atomic mass is 10.2. The number of piperazine rings is 1. The summed E-state index contributed by atoms with van der Waals surface area (Å²) in [6, 6.07) is 10.7. The van der Waals surface area contributed by atoms with Gasteiger partial charge in [0.25, 0.3) is 0 Å². The van der Waals surface area contributed by atoms with E-state index in [0.717, 1.165) is 62.4 Å². The van der Waals surface area contributed by atoms with Gasteiger partial charge in [0.1, 0.15) is 0 Å². The van der Waals surface area contributed by atoms with Gasteiger partial charge in [0, 0.05) is 58.1 Å². The van der Waals surface area contributed by atoms with Crippen molar-refractivity contribution in [2.45, 2.75) is 19.9 Å². The molecule has 2 aromatic rings. The van der Waals surface area contributed by atoms with Crippen molar-refractivity contribution >= 4 is 41.3 Å². The fraction of sp³-hybridized carbons (Fsp3) is 0.474. The van der Waals surface area contributed by atoms with E-state index in [1.165, 1.54) is 5.56 Å². The van der Waals surface area contributed by atoms with Crippen LogP contribution in [0.2, 0.25) is 0 Å². The van der Waals surface area contributed by atoms with E-state index in [0.29, 0.717) is 0 Å². The standard InChI is InChI=1S/C19H27N5S.HI/c1-16-22-18(15-25-16)8-9-21-19(20-2)24-12-10-23(11-13-24)14-17-6-4-3-5-7-17;/h3-7,15H,8-14H2,1-2H3,(H,20,21);1H. The molecule has 7 heteroatoms. The minimum Gasteiger partial charge on any atom is -0.356 e. The summed E-state index contributed by atoms with van der Waals surface area (Å²) in [5, 5.41) is 6.76. The van der Waals surface area contributed by atoms with Crippen molar-refractivity contribution in [3.8, 4) is 0 Å². The number of benzene rings is 1. The van der Waals surface area contributed by atoms with Crippen LogP contribution in [0.5, 0.6) is 0 Å². The van der Waals surface area contributed by atoms with Crippen LogP contribution in [0.15, 0.2) is 40.7 Å². The Bertz CT molecular complexity index is 680. The third-order valence-electron chi connectivity index (χ3n) is 4.46. The number of nitrogens with zero attached hydrogens (tertiary/aromatic N) is 4. The van der Waals surface area contributed by atoms with E-state index in [-0.39, 0.29) is 24.0 Å². The minimum atomic E-state index is 0. The average Bonchev–Trinajstić information content (AvgIpc) is 3.06. The maximum atomic E-state index is 4.51. The van der Waals surface area contributed by atoms with Crippen molar-refractivity contribution in [3.05, 3.63) is 52.0 Å². The van der Waals surface area contributed by atoms with E-state index in [9.17, 15) is 0 Å². The fourth-order valence-corrected chi connectivity index (χ4v) is 3.76. The summed E-state index contributed by atoms with van der Waals surface area (Å²) >= 11 is 1.71. The molecular formula is C19H28IN5S. The Kier molecular flexibility index (Phi) is 8.80. The largest absolute Gasteiger partial charge is 0.356 e. The van der Waals surface area contributed by atoms with Crippen LogP contribution < -0.4 is 5.32 Å². The molecule has 0 unspecified atom stereocenters. The fourth-order valence-electron chi connectivity index (χ4n) is 3.12. The predicted octanol–water partition coefficient (Wildman–Crippen LogP) is 3.01. The van der Waals surface area contributed by atoms with E-state index in [1.54, 1.807) is 11.3 Å². The predicted molar refractivity (Wildman–Crippen MR) is 121 cm³/mol. The molecule has 2 heterocycles. The van der Waals surface area contributed by atoms with E-state index in [1.807, 2.05) is 7.05 Å². The Morgan fingerprint density at radius 3 is 2.54 bits per heavy atom. The number of guanidine groups is 1. The van der Waals surface area contributed by atoms with Crippen molar-refractivity contribution in [2.75, 3.05) is 39.8 Å². The molecule has 1 aromatic carbocycles. The lowest BCUT2D eigenvalue weighted by Gasteiger charge is -2.36. The minimum absolute atomic E-state index is 0. The van der Waals surface area contributed by atoms with Gasteiger partial charge < -0.3 is 10.2 Å². The zero-order chi connectivity index (χ0) is 17.5. The van der Waals surface area contributed by atoms with Gasteiger partial charge in [-0.15, -0.1) is 35.3 Å². The third kappa shape index (κ3) is 6.21. The summed E-state index contributed by atoms with van der Waals surface area (Å²) in [7, 11) is 1.87. The number of aliphatic imine (C=N–C) groups is 1. The monoisotopic (exact) mass is 485 g/mol. The van der Waals surface area contributed by atoms with Crippen molar-refractivity contribution in [2.24, 2.45) is 4.99 Å². The molecule has 1 aromatic heterocycles. The summed E-state index contributed by atoms with van der Waals surface area (Å²) in [4.78, 5) is 13.8. The lowest BCUT2D eigenvalue weighted by Crippen LogP contribution is -2.52. The average molecular weight is 485 g/mol. The molecule has 26 heavy (non-hydrogen) atoms. The summed E-state index contributed by atoms with van der Waals surface area (Å²) in [5.41, 5.74) is 2.55. The van der Waals surface area contributed by atoms with Gasteiger partial charge in [0.05, 0.1) is 10.7 Å². The Morgan fingerprint density at radius 2 is 1.92 bits per heavy atom. The Hall–Kier alpha value is -1.19. The number of hydrogen-bond donors (Lipinski definition) is 1. The maximum absolute atomic E-state index is 4.51. The van der Waals surface area contributed by atoms with Crippen LogP contribution in [0.25, 0.3) is 0 Å². The molecule has 1 aliphatic rings. The molecule has 1 aliphatic heterocycles. The van der Waals surface area contributed by atoms with Crippen molar-refractivity contribution < 1.29 is 0 Å². The molecule has 1 saturated heterocycles. The molecule has 0 spiro atoms. The normalized spacial score (nSPS) is 15.6. The summed E-state index contributed by atoms with van der Waals surface area (Å²) in [5.74, 6) is 1.01. The Balaban J connectivity index is 0.00000243. The maximum Gasteiger partial charge on any atom is 0.193 e. The van der Waals surface area contributed by atoms with Crippen molar-refractivity contribution in [3.63, 3.8) is 0 Å². The zero-order valence-corrected chi connectivity index (χ0v) is 18.7. The van der Waals surface area contributed by atoms with Gasteiger partial charge in [-0.25, -0.2) is 4.98 Å². The molecule has 3 rings (SSSR count). The number of halogens is 1. The lowest BCUT2D eigenvalue weighted by molar-refractivity contribution is 0.172. The Labute approximate surface area is 177 Å². The second-order valence-corrected chi connectivity index (χ2v) is 7.39. The zero-order valence-electron chi connectivity index (χ0n) is 15.5. The molecule has 0 saturated carbocycles. The van der Waals surface area contributed by atoms with Gasteiger partial charge in [-0.2, -0.15) is 0 Å². The molecule has 0 atom stereocenters. The highest BCUT2D eigenvalue weighted by Gasteiger charge is 2.19. The van der Waals surface area contributed by atoms with E-state index >= 15 is 0 Å². The second-order valence-electron chi connectivity index (χ2n) is 6.33. The van der Waals surface area contributed by atoms with E-state index in [2.05, 4.69) is 67.7 Å². The SMILES string of the molecule is CN=C(NCCc1csc(C)n1)N1CCN(Cc2ccccc2)CC1.I. The smallest absolute Gasteiger partial charge is 0.193 e. The number of hydrogen-bond acceptors (Lipinski definition) is 4. The van der Waals surface area contributed by atoms with Crippen LogP contribution in [-0.4, -0.2) is 60.5 Å². The number of thiazole rings is 1. The van der Waals surface area contributed by atoms with Crippen LogP contribution in [0, 0.1) is 6.92 Å². The van der Waals surface area contributed by atoms with Crippen LogP contribution in [0.1, 0.15) is 16.3 Å².